The second-order valence-electron chi connectivity index (χ2n) is 4.42. The highest BCUT2D eigenvalue weighted by atomic mass is 35.5. The Bertz CT molecular complexity index is 807. The van der Waals surface area contributed by atoms with Crippen LogP contribution in [0.1, 0.15) is 5.69 Å². The van der Waals surface area contributed by atoms with E-state index >= 15 is 0 Å². The summed E-state index contributed by atoms with van der Waals surface area (Å²) in [5, 5.41) is 0.704. The standard InChI is InChI=1S/C16H10ClF2NO/c17-9-10-8-15(11-4-1-2-6-13(11)20-10)21-14-7-3-5-12(18)16(14)19/h1-8H,9H2. The van der Waals surface area contributed by atoms with E-state index in [-0.39, 0.29) is 11.6 Å². The minimum atomic E-state index is -1.02. The molecule has 0 aliphatic rings. The molecule has 0 atom stereocenters. The third-order valence-electron chi connectivity index (χ3n) is 3.00. The van der Waals surface area contributed by atoms with Crippen molar-refractivity contribution in [3.8, 4) is 11.5 Å². The first-order valence-corrected chi connectivity index (χ1v) is 6.79. The normalized spacial score (nSPS) is 10.8. The van der Waals surface area contributed by atoms with Crippen LogP contribution in [-0.4, -0.2) is 4.98 Å². The zero-order valence-corrected chi connectivity index (χ0v) is 11.6. The first kappa shape index (κ1) is 13.8. The fraction of sp³-hybridized carbons (Fsp3) is 0.0625. The fourth-order valence-corrected chi connectivity index (χ4v) is 2.17. The molecule has 1 aromatic heterocycles. The number of pyridine rings is 1. The molecular weight excluding hydrogens is 296 g/mol. The summed E-state index contributed by atoms with van der Waals surface area (Å²) in [7, 11) is 0. The van der Waals surface area contributed by atoms with Gasteiger partial charge in [-0.3, -0.25) is 4.98 Å². The molecule has 0 amide bonds. The summed E-state index contributed by atoms with van der Waals surface area (Å²) < 4.78 is 32.5. The molecule has 0 saturated carbocycles. The minimum absolute atomic E-state index is 0.174. The molecule has 106 valence electrons. The molecule has 3 rings (SSSR count). The van der Waals surface area contributed by atoms with E-state index in [9.17, 15) is 8.78 Å². The highest BCUT2D eigenvalue weighted by Gasteiger charge is 2.12. The van der Waals surface area contributed by atoms with Gasteiger partial charge in [0.05, 0.1) is 17.1 Å². The average molecular weight is 306 g/mol. The smallest absolute Gasteiger partial charge is 0.201 e. The summed E-state index contributed by atoms with van der Waals surface area (Å²) in [5.74, 6) is -1.56. The van der Waals surface area contributed by atoms with Crippen molar-refractivity contribution in [3.05, 3.63) is 65.9 Å². The topological polar surface area (TPSA) is 22.1 Å². The van der Waals surface area contributed by atoms with Crippen LogP contribution in [0, 0.1) is 11.6 Å². The van der Waals surface area contributed by atoms with E-state index in [1.807, 2.05) is 12.1 Å². The number of fused-ring (bicyclic) bond motifs is 1. The lowest BCUT2D eigenvalue weighted by molar-refractivity contribution is 0.418. The fourth-order valence-electron chi connectivity index (χ4n) is 2.03. The van der Waals surface area contributed by atoms with Gasteiger partial charge in [0.25, 0.3) is 0 Å². The lowest BCUT2D eigenvalue weighted by atomic mass is 10.2. The highest BCUT2D eigenvalue weighted by molar-refractivity contribution is 6.17. The van der Waals surface area contributed by atoms with Crippen LogP contribution in [0.4, 0.5) is 8.78 Å². The van der Waals surface area contributed by atoms with Crippen molar-refractivity contribution in [1.29, 1.82) is 0 Å². The summed E-state index contributed by atoms with van der Waals surface area (Å²) in [6.07, 6.45) is 0. The zero-order valence-electron chi connectivity index (χ0n) is 10.8. The molecule has 0 bridgehead atoms. The minimum Gasteiger partial charge on any atom is -0.453 e. The van der Waals surface area contributed by atoms with Gasteiger partial charge in [-0.05, 0) is 24.3 Å². The van der Waals surface area contributed by atoms with Gasteiger partial charge in [0.1, 0.15) is 5.75 Å². The maximum atomic E-state index is 13.7. The van der Waals surface area contributed by atoms with Gasteiger partial charge >= 0.3 is 0 Å². The van der Waals surface area contributed by atoms with Gasteiger partial charge in [-0.25, -0.2) is 4.39 Å². The lowest BCUT2D eigenvalue weighted by Crippen LogP contribution is -1.95. The number of nitrogens with zero attached hydrogens (tertiary/aromatic N) is 1. The summed E-state index contributed by atoms with van der Waals surface area (Å²) in [6, 6.07) is 12.7. The van der Waals surface area contributed by atoms with Gasteiger partial charge in [0.2, 0.25) is 5.82 Å². The van der Waals surface area contributed by atoms with E-state index in [2.05, 4.69) is 4.98 Å². The maximum Gasteiger partial charge on any atom is 0.201 e. The maximum absolute atomic E-state index is 13.7. The Morgan fingerprint density at radius 1 is 1.00 bits per heavy atom. The molecule has 1 heterocycles. The molecule has 3 aromatic rings. The largest absolute Gasteiger partial charge is 0.453 e. The number of hydrogen-bond acceptors (Lipinski definition) is 2. The molecule has 0 aliphatic carbocycles. The third kappa shape index (κ3) is 2.67. The molecule has 0 fully saturated rings. The quantitative estimate of drug-likeness (QED) is 0.632. The molecule has 0 saturated heterocycles. The van der Waals surface area contributed by atoms with E-state index in [1.54, 1.807) is 18.2 Å². The Hall–Kier alpha value is -2.20. The molecule has 0 aliphatic heterocycles. The number of halogens is 3. The van der Waals surface area contributed by atoms with Gasteiger partial charge in [-0.1, -0.05) is 18.2 Å². The Kier molecular flexibility index (Phi) is 3.71. The zero-order chi connectivity index (χ0) is 14.8. The van der Waals surface area contributed by atoms with Crippen LogP contribution in [0.15, 0.2) is 48.5 Å². The molecular formula is C16H10ClF2NO. The van der Waals surface area contributed by atoms with Gasteiger partial charge in [-0.2, -0.15) is 4.39 Å². The van der Waals surface area contributed by atoms with Gasteiger partial charge in [0.15, 0.2) is 11.6 Å². The van der Waals surface area contributed by atoms with Gasteiger partial charge in [0, 0.05) is 11.5 Å². The van der Waals surface area contributed by atoms with E-state index in [0.29, 0.717) is 22.3 Å². The van der Waals surface area contributed by atoms with Crippen LogP contribution in [0.3, 0.4) is 0 Å². The first-order valence-electron chi connectivity index (χ1n) is 6.25. The van der Waals surface area contributed by atoms with Gasteiger partial charge < -0.3 is 4.74 Å². The van der Waals surface area contributed by atoms with E-state index < -0.39 is 11.6 Å². The molecule has 2 aromatic carbocycles. The van der Waals surface area contributed by atoms with Gasteiger partial charge in [-0.15, -0.1) is 11.6 Å². The van der Waals surface area contributed by atoms with Crippen LogP contribution in [0.25, 0.3) is 10.9 Å². The average Bonchev–Trinajstić information content (AvgIpc) is 2.51. The van der Waals surface area contributed by atoms with Crippen LogP contribution >= 0.6 is 11.6 Å². The van der Waals surface area contributed by atoms with Crippen molar-refractivity contribution < 1.29 is 13.5 Å². The summed E-state index contributed by atoms with van der Waals surface area (Å²) in [4.78, 5) is 4.36. The van der Waals surface area contributed by atoms with Crippen LogP contribution in [0.5, 0.6) is 11.5 Å². The van der Waals surface area contributed by atoms with E-state index in [4.69, 9.17) is 16.3 Å². The van der Waals surface area contributed by atoms with E-state index in [1.165, 1.54) is 12.1 Å². The highest BCUT2D eigenvalue weighted by Crippen LogP contribution is 2.32. The van der Waals surface area contributed by atoms with Crippen LogP contribution < -0.4 is 4.74 Å². The van der Waals surface area contributed by atoms with Crippen molar-refractivity contribution in [2.75, 3.05) is 0 Å². The number of hydrogen-bond donors (Lipinski definition) is 0. The van der Waals surface area contributed by atoms with Crippen molar-refractivity contribution >= 4 is 22.5 Å². The number of benzene rings is 2. The Morgan fingerprint density at radius 3 is 2.62 bits per heavy atom. The van der Waals surface area contributed by atoms with Crippen LogP contribution in [-0.2, 0) is 5.88 Å². The molecule has 0 unspecified atom stereocenters. The SMILES string of the molecule is Fc1cccc(Oc2cc(CCl)nc3ccccc23)c1F. The van der Waals surface area contributed by atoms with Crippen molar-refractivity contribution in [1.82, 2.24) is 4.98 Å². The molecule has 5 heteroatoms. The summed E-state index contributed by atoms with van der Waals surface area (Å²) in [5.41, 5.74) is 1.28. The number of para-hydroxylation sites is 1. The van der Waals surface area contributed by atoms with Crippen molar-refractivity contribution in [2.45, 2.75) is 5.88 Å². The van der Waals surface area contributed by atoms with Crippen LogP contribution in [0.2, 0.25) is 0 Å². The number of rotatable bonds is 3. The Labute approximate surface area is 125 Å². The summed E-state index contributed by atoms with van der Waals surface area (Å²) in [6.45, 7) is 0. The van der Waals surface area contributed by atoms with E-state index in [0.717, 1.165) is 6.07 Å². The Morgan fingerprint density at radius 2 is 1.81 bits per heavy atom. The van der Waals surface area contributed by atoms with Crippen molar-refractivity contribution in [3.63, 3.8) is 0 Å². The number of aromatic nitrogens is 1. The molecule has 0 radical (unpaired) electrons. The Balaban J connectivity index is 2.13. The molecule has 21 heavy (non-hydrogen) atoms. The third-order valence-corrected chi connectivity index (χ3v) is 3.28. The summed E-state index contributed by atoms with van der Waals surface area (Å²) >= 11 is 5.81. The monoisotopic (exact) mass is 305 g/mol. The first-order chi connectivity index (χ1) is 10.2. The molecule has 0 spiro atoms. The predicted octanol–water partition coefficient (Wildman–Crippen LogP) is 5.04. The van der Waals surface area contributed by atoms with Crippen molar-refractivity contribution in [2.24, 2.45) is 0 Å². The molecule has 0 N–H and O–H groups in total. The predicted molar refractivity (Wildman–Crippen MR) is 77.7 cm³/mol. The lowest BCUT2D eigenvalue weighted by Gasteiger charge is -2.11. The molecule has 2 nitrogen and oxygen atoms in total. The second kappa shape index (κ2) is 5.66. The second-order valence-corrected chi connectivity index (χ2v) is 4.68. The number of ether oxygens (including phenoxy) is 1. The number of alkyl halides is 1.